The average molecular weight is 349 g/mol. The Kier molecular flexibility index (Phi) is 4.98. The minimum absolute atomic E-state index is 0.0186. The molecule has 1 aliphatic heterocycles. The Morgan fingerprint density at radius 1 is 1.27 bits per heavy atom. The molecule has 1 aromatic carbocycles. The fraction of sp³-hybridized carbons (Fsp3) is 0.538. The van der Waals surface area contributed by atoms with Gasteiger partial charge in [-0.25, -0.2) is 21.6 Å². The number of rotatable bonds is 6. The lowest BCUT2D eigenvalue weighted by Gasteiger charge is -2.14. The summed E-state index contributed by atoms with van der Waals surface area (Å²) >= 11 is 0. The summed E-state index contributed by atoms with van der Waals surface area (Å²) < 4.78 is 60.2. The van der Waals surface area contributed by atoms with Crippen molar-refractivity contribution in [1.82, 2.24) is 4.72 Å². The van der Waals surface area contributed by atoms with Crippen molar-refractivity contribution in [2.24, 2.45) is 5.92 Å². The van der Waals surface area contributed by atoms with Gasteiger partial charge >= 0.3 is 0 Å². The van der Waals surface area contributed by atoms with Crippen molar-refractivity contribution in [3.8, 4) is 11.5 Å². The van der Waals surface area contributed by atoms with E-state index < -0.39 is 19.9 Å². The van der Waals surface area contributed by atoms with E-state index in [-0.39, 0.29) is 34.6 Å². The largest absolute Gasteiger partial charge is 0.497 e. The molecule has 1 saturated heterocycles. The zero-order chi connectivity index (χ0) is 16.4. The van der Waals surface area contributed by atoms with Gasteiger partial charge in [0.25, 0.3) is 0 Å². The van der Waals surface area contributed by atoms with Crippen LogP contribution in [0.3, 0.4) is 0 Å². The summed E-state index contributed by atoms with van der Waals surface area (Å²) in [5, 5.41) is 0. The average Bonchev–Trinajstić information content (AvgIpc) is 2.84. The number of methoxy groups -OCH3 is 2. The van der Waals surface area contributed by atoms with Gasteiger partial charge in [-0.05, 0) is 24.5 Å². The number of nitrogens with one attached hydrogen (secondary N) is 1. The predicted octanol–water partition coefficient (Wildman–Crippen LogP) is 0.417. The molecule has 1 aliphatic rings. The first kappa shape index (κ1) is 17.0. The summed E-state index contributed by atoms with van der Waals surface area (Å²) in [6.07, 6.45) is 0.472. The van der Waals surface area contributed by atoms with Gasteiger partial charge in [0.1, 0.15) is 16.4 Å². The van der Waals surface area contributed by atoms with E-state index in [1.807, 2.05) is 0 Å². The first-order valence-corrected chi connectivity index (χ1v) is 10.00. The van der Waals surface area contributed by atoms with Gasteiger partial charge in [0, 0.05) is 12.6 Å². The lowest BCUT2D eigenvalue weighted by atomic mass is 10.1. The first-order valence-electron chi connectivity index (χ1n) is 6.69. The molecular formula is C13H19NO6S2. The van der Waals surface area contributed by atoms with Crippen LogP contribution in [0.5, 0.6) is 11.5 Å². The SMILES string of the molecule is COc1ccc(OC)c(S(=O)(=O)NC[C@@H]2CCS(=O)(=O)C2)c1. The first-order chi connectivity index (χ1) is 10.3. The third-order valence-electron chi connectivity index (χ3n) is 3.55. The van der Waals surface area contributed by atoms with Gasteiger partial charge in [-0.2, -0.15) is 0 Å². The molecule has 1 atom stereocenters. The van der Waals surface area contributed by atoms with Crippen LogP contribution in [0.1, 0.15) is 6.42 Å². The molecule has 1 heterocycles. The van der Waals surface area contributed by atoms with Gasteiger partial charge in [0.05, 0.1) is 25.7 Å². The standard InChI is InChI=1S/C13H19NO6S2/c1-19-11-3-4-12(20-2)13(7-11)22(17,18)14-8-10-5-6-21(15,16)9-10/h3-4,7,10,14H,5-6,8-9H2,1-2H3/t10-/m0/s1. The Balaban J connectivity index is 2.16. The molecule has 0 bridgehead atoms. The molecule has 1 N–H and O–H groups in total. The molecule has 0 unspecified atom stereocenters. The maximum Gasteiger partial charge on any atom is 0.244 e. The van der Waals surface area contributed by atoms with E-state index in [1.165, 1.54) is 26.4 Å². The molecule has 0 amide bonds. The molecule has 0 saturated carbocycles. The fourth-order valence-corrected chi connectivity index (χ4v) is 5.49. The van der Waals surface area contributed by atoms with Crippen LogP contribution < -0.4 is 14.2 Å². The van der Waals surface area contributed by atoms with Crippen molar-refractivity contribution < 1.29 is 26.3 Å². The molecule has 2 rings (SSSR count). The molecule has 1 fully saturated rings. The Morgan fingerprint density at radius 3 is 2.55 bits per heavy atom. The highest BCUT2D eigenvalue weighted by Crippen LogP contribution is 2.28. The smallest absolute Gasteiger partial charge is 0.244 e. The molecule has 7 nitrogen and oxygen atoms in total. The second-order valence-electron chi connectivity index (χ2n) is 5.14. The second kappa shape index (κ2) is 6.43. The Labute approximate surface area is 130 Å². The number of hydrogen-bond acceptors (Lipinski definition) is 6. The van der Waals surface area contributed by atoms with Crippen molar-refractivity contribution in [2.45, 2.75) is 11.3 Å². The van der Waals surface area contributed by atoms with E-state index >= 15 is 0 Å². The number of ether oxygens (including phenoxy) is 2. The summed E-state index contributed by atoms with van der Waals surface area (Å²) in [5.41, 5.74) is 0. The quantitative estimate of drug-likeness (QED) is 0.799. The molecule has 9 heteroatoms. The highest BCUT2D eigenvalue weighted by molar-refractivity contribution is 7.91. The summed E-state index contributed by atoms with van der Waals surface area (Å²) in [6, 6.07) is 4.47. The zero-order valence-corrected chi connectivity index (χ0v) is 14.0. The topological polar surface area (TPSA) is 98.8 Å². The highest BCUT2D eigenvalue weighted by Gasteiger charge is 2.29. The predicted molar refractivity (Wildman–Crippen MR) is 81.5 cm³/mol. The van der Waals surface area contributed by atoms with Crippen LogP contribution in [0.15, 0.2) is 23.1 Å². The van der Waals surface area contributed by atoms with Crippen LogP contribution in [0, 0.1) is 5.92 Å². The van der Waals surface area contributed by atoms with Crippen LogP contribution >= 0.6 is 0 Å². The Bertz CT molecular complexity index is 742. The normalized spacial score (nSPS) is 20.7. The molecule has 0 aromatic heterocycles. The van der Waals surface area contributed by atoms with Crippen molar-refractivity contribution in [1.29, 1.82) is 0 Å². The summed E-state index contributed by atoms with van der Waals surface area (Å²) in [7, 11) is -4.02. The number of hydrogen-bond donors (Lipinski definition) is 1. The highest BCUT2D eigenvalue weighted by atomic mass is 32.2. The van der Waals surface area contributed by atoms with Crippen LogP contribution in [-0.2, 0) is 19.9 Å². The van der Waals surface area contributed by atoms with Crippen molar-refractivity contribution >= 4 is 19.9 Å². The molecule has 22 heavy (non-hydrogen) atoms. The maximum absolute atomic E-state index is 12.4. The summed E-state index contributed by atoms with van der Waals surface area (Å²) in [4.78, 5) is -0.0322. The second-order valence-corrected chi connectivity index (χ2v) is 9.10. The number of sulfonamides is 1. The van der Waals surface area contributed by atoms with Gasteiger partial charge in [-0.15, -0.1) is 0 Å². The van der Waals surface area contributed by atoms with E-state index in [9.17, 15) is 16.8 Å². The zero-order valence-electron chi connectivity index (χ0n) is 12.4. The lowest BCUT2D eigenvalue weighted by Crippen LogP contribution is -2.30. The van der Waals surface area contributed by atoms with E-state index in [0.29, 0.717) is 12.2 Å². The van der Waals surface area contributed by atoms with E-state index in [4.69, 9.17) is 9.47 Å². The minimum Gasteiger partial charge on any atom is -0.497 e. The van der Waals surface area contributed by atoms with Crippen molar-refractivity contribution in [3.63, 3.8) is 0 Å². The Hall–Kier alpha value is -1.32. The number of sulfone groups is 1. The van der Waals surface area contributed by atoms with Crippen LogP contribution in [-0.4, -0.2) is 49.1 Å². The third-order valence-corrected chi connectivity index (χ3v) is 6.83. The van der Waals surface area contributed by atoms with E-state index in [1.54, 1.807) is 6.07 Å². The van der Waals surface area contributed by atoms with E-state index in [0.717, 1.165) is 0 Å². The molecule has 1 aromatic rings. The van der Waals surface area contributed by atoms with Gasteiger partial charge in [-0.1, -0.05) is 0 Å². The molecule has 124 valence electrons. The van der Waals surface area contributed by atoms with Gasteiger partial charge in [0.2, 0.25) is 10.0 Å². The molecule has 0 spiro atoms. The molecular weight excluding hydrogens is 330 g/mol. The maximum atomic E-state index is 12.4. The molecule has 0 radical (unpaired) electrons. The van der Waals surface area contributed by atoms with Crippen LogP contribution in [0.25, 0.3) is 0 Å². The Morgan fingerprint density at radius 2 is 2.00 bits per heavy atom. The van der Waals surface area contributed by atoms with Gasteiger partial charge in [-0.3, -0.25) is 0 Å². The van der Waals surface area contributed by atoms with Crippen LogP contribution in [0.4, 0.5) is 0 Å². The fourth-order valence-electron chi connectivity index (χ4n) is 2.33. The van der Waals surface area contributed by atoms with E-state index in [2.05, 4.69) is 4.72 Å². The monoisotopic (exact) mass is 349 g/mol. The lowest BCUT2D eigenvalue weighted by molar-refractivity contribution is 0.391. The minimum atomic E-state index is -3.81. The van der Waals surface area contributed by atoms with Crippen LogP contribution in [0.2, 0.25) is 0 Å². The summed E-state index contributed by atoms with van der Waals surface area (Å²) in [5.74, 6) is 0.528. The van der Waals surface area contributed by atoms with Gasteiger partial charge in [0.15, 0.2) is 9.84 Å². The molecule has 0 aliphatic carbocycles. The summed E-state index contributed by atoms with van der Waals surface area (Å²) in [6.45, 7) is 0.0852. The van der Waals surface area contributed by atoms with Crippen molar-refractivity contribution in [3.05, 3.63) is 18.2 Å². The van der Waals surface area contributed by atoms with Crippen molar-refractivity contribution in [2.75, 3.05) is 32.3 Å². The number of benzene rings is 1. The third kappa shape index (κ3) is 3.90. The van der Waals surface area contributed by atoms with Gasteiger partial charge < -0.3 is 9.47 Å².